The van der Waals surface area contributed by atoms with E-state index in [0.717, 1.165) is 31.0 Å². The number of rotatable bonds is 5. The lowest BCUT2D eigenvalue weighted by molar-refractivity contribution is 0.417. The number of hydrogen-bond acceptors (Lipinski definition) is 3. The van der Waals surface area contributed by atoms with Crippen molar-refractivity contribution in [2.24, 2.45) is 0 Å². The molecule has 3 heteroatoms. The Morgan fingerprint density at radius 2 is 1.89 bits per heavy atom. The Hall–Kier alpha value is -1.32. The van der Waals surface area contributed by atoms with Gasteiger partial charge in [-0.25, -0.2) is 0 Å². The van der Waals surface area contributed by atoms with Gasteiger partial charge in [-0.3, -0.25) is 0 Å². The van der Waals surface area contributed by atoms with Crippen LogP contribution in [0, 0.1) is 0 Å². The van der Waals surface area contributed by atoms with Crippen LogP contribution in [0.2, 0.25) is 0 Å². The van der Waals surface area contributed by atoms with E-state index in [-0.39, 0.29) is 5.54 Å². The van der Waals surface area contributed by atoms with E-state index < -0.39 is 0 Å². The van der Waals surface area contributed by atoms with Gasteiger partial charge in [-0.15, -0.1) is 0 Å². The molecule has 0 unspecified atom stereocenters. The van der Waals surface area contributed by atoms with Crippen molar-refractivity contribution in [2.45, 2.75) is 32.9 Å². The number of nitrogens with one attached hydrogen (secondary N) is 2. The minimum absolute atomic E-state index is 0.182. The second kappa shape index (κ2) is 5.55. The summed E-state index contributed by atoms with van der Waals surface area (Å²) >= 11 is 0. The Kier molecular flexibility index (Phi) is 4.04. The highest BCUT2D eigenvalue weighted by atomic mass is 16.3. The summed E-state index contributed by atoms with van der Waals surface area (Å²) in [6.07, 6.45) is 0. The maximum absolute atomic E-state index is 5.73. The van der Waals surface area contributed by atoms with Crippen LogP contribution in [0.25, 0.3) is 11.0 Å². The minimum Gasteiger partial charge on any atom is -0.460 e. The summed E-state index contributed by atoms with van der Waals surface area (Å²) < 4.78 is 5.73. The molecule has 98 valence electrons. The van der Waals surface area contributed by atoms with Crippen LogP contribution in [0.5, 0.6) is 0 Å². The zero-order chi connectivity index (χ0) is 13.0. The smallest absolute Gasteiger partial charge is 0.134 e. The van der Waals surface area contributed by atoms with Crippen molar-refractivity contribution in [3.8, 4) is 0 Å². The molecule has 0 amide bonds. The molecule has 1 aromatic carbocycles. The van der Waals surface area contributed by atoms with Gasteiger partial charge >= 0.3 is 0 Å². The Morgan fingerprint density at radius 1 is 1.11 bits per heavy atom. The molecule has 2 aromatic rings. The highest BCUT2D eigenvalue weighted by Crippen LogP contribution is 2.18. The molecule has 1 heterocycles. The van der Waals surface area contributed by atoms with Gasteiger partial charge < -0.3 is 15.1 Å². The lowest BCUT2D eigenvalue weighted by Gasteiger charge is -2.20. The molecule has 1 aromatic heterocycles. The Bertz CT molecular complexity index is 463. The van der Waals surface area contributed by atoms with Crippen LogP contribution in [-0.2, 0) is 6.54 Å². The third-order valence-corrected chi connectivity index (χ3v) is 2.73. The van der Waals surface area contributed by atoms with E-state index in [4.69, 9.17) is 4.42 Å². The molecule has 0 atom stereocenters. The molecule has 2 rings (SSSR count). The molecule has 0 saturated heterocycles. The molecule has 0 radical (unpaired) electrons. The first-order chi connectivity index (χ1) is 8.54. The summed E-state index contributed by atoms with van der Waals surface area (Å²) in [5.41, 5.74) is 1.14. The van der Waals surface area contributed by atoms with Gasteiger partial charge in [0.15, 0.2) is 0 Å². The van der Waals surface area contributed by atoms with Crippen molar-refractivity contribution in [1.29, 1.82) is 0 Å². The summed E-state index contributed by atoms with van der Waals surface area (Å²) in [6.45, 7) is 9.20. The van der Waals surface area contributed by atoms with Gasteiger partial charge in [-0.05, 0) is 32.9 Å². The van der Waals surface area contributed by atoms with Crippen LogP contribution in [-0.4, -0.2) is 18.6 Å². The zero-order valence-corrected chi connectivity index (χ0v) is 11.4. The first kappa shape index (κ1) is 13.1. The van der Waals surface area contributed by atoms with E-state index in [9.17, 15) is 0 Å². The van der Waals surface area contributed by atoms with E-state index in [1.807, 2.05) is 18.2 Å². The number of para-hydroxylation sites is 1. The lowest BCUT2D eigenvalue weighted by Crippen LogP contribution is -2.40. The first-order valence-corrected chi connectivity index (χ1v) is 6.48. The van der Waals surface area contributed by atoms with Gasteiger partial charge in [0.1, 0.15) is 11.3 Å². The average Bonchev–Trinajstić information content (AvgIpc) is 2.69. The van der Waals surface area contributed by atoms with Crippen LogP contribution >= 0.6 is 0 Å². The first-order valence-electron chi connectivity index (χ1n) is 6.48. The summed E-state index contributed by atoms with van der Waals surface area (Å²) in [6, 6.07) is 10.2. The van der Waals surface area contributed by atoms with Crippen molar-refractivity contribution in [3.63, 3.8) is 0 Å². The predicted octanol–water partition coefficient (Wildman–Crippen LogP) is 2.91. The fourth-order valence-electron chi connectivity index (χ4n) is 1.86. The lowest BCUT2D eigenvalue weighted by atomic mass is 10.1. The largest absolute Gasteiger partial charge is 0.460 e. The van der Waals surface area contributed by atoms with Gasteiger partial charge in [0.2, 0.25) is 0 Å². The van der Waals surface area contributed by atoms with E-state index in [1.165, 1.54) is 5.39 Å². The van der Waals surface area contributed by atoms with Gasteiger partial charge in [0.05, 0.1) is 6.54 Å². The number of benzene rings is 1. The summed E-state index contributed by atoms with van der Waals surface area (Å²) in [7, 11) is 0. The molecule has 0 fully saturated rings. The molecule has 3 nitrogen and oxygen atoms in total. The normalized spacial score (nSPS) is 12.2. The second-order valence-corrected chi connectivity index (χ2v) is 5.60. The molecule has 0 aliphatic heterocycles. The molecule has 18 heavy (non-hydrogen) atoms. The topological polar surface area (TPSA) is 37.2 Å². The van der Waals surface area contributed by atoms with E-state index in [1.54, 1.807) is 0 Å². The highest BCUT2D eigenvalue weighted by Gasteiger charge is 2.07. The number of furan rings is 1. The van der Waals surface area contributed by atoms with Crippen molar-refractivity contribution in [2.75, 3.05) is 13.1 Å². The van der Waals surface area contributed by atoms with Crippen LogP contribution < -0.4 is 10.6 Å². The van der Waals surface area contributed by atoms with E-state index in [0.29, 0.717) is 0 Å². The van der Waals surface area contributed by atoms with Crippen LogP contribution in [0.3, 0.4) is 0 Å². The Morgan fingerprint density at radius 3 is 2.61 bits per heavy atom. The van der Waals surface area contributed by atoms with Crippen molar-refractivity contribution in [1.82, 2.24) is 10.6 Å². The van der Waals surface area contributed by atoms with Gasteiger partial charge in [-0.2, -0.15) is 0 Å². The predicted molar refractivity (Wildman–Crippen MR) is 75.7 cm³/mol. The van der Waals surface area contributed by atoms with E-state index in [2.05, 4.69) is 43.5 Å². The molecule has 0 spiro atoms. The summed E-state index contributed by atoms with van der Waals surface area (Å²) in [5, 5.41) is 7.99. The monoisotopic (exact) mass is 246 g/mol. The van der Waals surface area contributed by atoms with Gasteiger partial charge in [0.25, 0.3) is 0 Å². The van der Waals surface area contributed by atoms with Gasteiger partial charge in [0, 0.05) is 24.0 Å². The summed E-state index contributed by atoms with van der Waals surface area (Å²) in [5.74, 6) is 0.993. The average molecular weight is 246 g/mol. The fourth-order valence-corrected chi connectivity index (χ4v) is 1.86. The van der Waals surface area contributed by atoms with Crippen LogP contribution in [0.15, 0.2) is 34.7 Å². The Balaban J connectivity index is 1.77. The molecule has 0 bridgehead atoms. The third-order valence-electron chi connectivity index (χ3n) is 2.73. The van der Waals surface area contributed by atoms with Crippen LogP contribution in [0.1, 0.15) is 26.5 Å². The molecule has 2 N–H and O–H groups in total. The quantitative estimate of drug-likeness (QED) is 0.797. The number of hydrogen-bond donors (Lipinski definition) is 2. The summed E-state index contributed by atoms with van der Waals surface area (Å²) in [4.78, 5) is 0. The maximum Gasteiger partial charge on any atom is 0.134 e. The SMILES string of the molecule is CC(C)(C)NCCNCc1cc2ccccc2o1. The standard InChI is InChI=1S/C15H22N2O/c1-15(2,3)17-9-8-16-11-13-10-12-6-4-5-7-14(12)18-13/h4-7,10,16-17H,8-9,11H2,1-3H3. The Labute approximate surface area is 109 Å². The van der Waals surface area contributed by atoms with Gasteiger partial charge in [-0.1, -0.05) is 18.2 Å². The molecule has 0 aliphatic rings. The third kappa shape index (κ3) is 3.86. The number of fused-ring (bicyclic) bond motifs is 1. The fraction of sp³-hybridized carbons (Fsp3) is 0.467. The van der Waals surface area contributed by atoms with Crippen LogP contribution in [0.4, 0.5) is 0 Å². The highest BCUT2D eigenvalue weighted by molar-refractivity contribution is 5.77. The van der Waals surface area contributed by atoms with Crippen molar-refractivity contribution in [3.05, 3.63) is 36.1 Å². The maximum atomic E-state index is 5.73. The molecule has 0 aliphatic carbocycles. The van der Waals surface area contributed by atoms with Crippen molar-refractivity contribution >= 4 is 11.0 Å². The zero-order valence-electron chi connectivity index (χ0n) is 11.4. The van der Waals surface area contributed by atoms with E-state index >= 15 is 0 Å². The molecule has 0 saturated carbocycles. The molecular weight excluding hydrogens is 224 g/mol. The second-order valence-electron chi connectivity index (χ2n) is 5.60. The minimum atomic E-state index is 0.182. The molecular formula is C15H22N2O. The van der Waals surface area contributed by atoms with Crippen molar-refractivity contribution < 1.29 is 4.42 Å².